The average Bonchev–Trinajstić information content (AvgIpc) is 3.20. The van der Waals surface area contributed by atoms with E-state index in [0.29, 0.717) is 30.1 Å². The summed E-state index contributed by atoms with van der Waals surface area (Å²) in [5.41, 5.74) is 3.01. The number of carbonyl (C=O) groups is 2. The van der Waals surface area contributed by atoms with Gasteiger partial charge in [0.15, 0.2) is 5.16 Å². The van der Waals surface area contributed by atoms with Gasteiger partial charge in [0.1, 0.15) is 12.2 Å². The molecule has 0 saturated heterocycles. The normalized spacial score (nSPS) is 12.7. The fourth-order valence-electron chi connectivity index (χ4n) is 3.51. The first-order valence-electron chi connectivity index (χ1n) is 11.6. The van der Waals surface area contributed by atoms with Crippen LogP contribution in [0.15, 0.2) is 59.8 Å². The summed E-state index contributed by atoms with van der Waals surface area (Å²) < 4.78 is 6.98. The van der Waals surface area contributed by atoms with Gasteiger partial charge < -0.3 is 14.6 Å². The van der Waals surface area contributed by atoms with Gasteiger partial charge in [0, 0.05) is 5.69 Å². The maximum Gasteiger partial charge on any atom is 0.313 e. The number of esters is 1. The molecular formula is C26H32N4O3S. The third kappa shape index (κ3) is 6.70. The predicted octanol–water partition coefficient (Wildman–Crippen LogP) is 5.06. The van der Waals surface area contributed by atoms with Crippen molar-refractivity contribution in [3.63, 3.8) is 0 Å². The number of hydrogen-bond acceptors (Lipinski definition) is 6. The summed E-state index contributed by atoms with van der Waals surface area (Å²) in [5, 5.41) is 11.8. The number of hydrogen-bond donors (Lipinski definition) is 1. The number of anilines is 1. The highest BCUT2D eigenvalue weighted by Crippen LogP contribution is 2.29. The van der Waals surface area contributed by atoms with Crippen LogP contribution in [0.5, 0.6) is 0 Å². The Hall–Kier alpha value is -3.13. The maximum atomic E-state index is 13.1. The molecule has 0 aliphatic rings. The SMILES string of the molecule is CCOC(=O)Cc1nnc(S[C@H](C)C(=O)Nc2ccccc2[C@@H](C)CC)n1Cc1ccccc1. The Labute approximate surface area is 205 Å². The van der Waals surface area contributed by atoms with Gasteiger partial charge in [-0.25, -0.2) is 0 Å². The van der Waals surface area contributed by atoms with Crippen LogP contribution in [0.1, 0.15) is 57.0 Å². The molecule has 0 bridgehead atoms. The zero-order valence-corrected chi connectivity index (χ0v) is 21.0. The number of benzene rings is 2. The number of para-hydroxylation sites is 1. The molecule has 2 aromatic carbocycles. The van der Waals surface area contributed by atoms with Gasteiger partial charge in [-0.3, -0.25) is 9.59 Å². The van der Waals surface area contributed by atoms with E-state index in [2.05, 4.69) is 35.4 Å². The number of aromatic nitrogens is 3. The van der Waals surface area contributed by atoms with Crippen LogP contribution in [0.3, 0.4) is 0 Å². The van der Waals surface area contributed by atoms with E-state index in [4.69, 9.17) is 4.74 Å². The summed E-state index contributed by atoms with van der Waals surface area (Å²) in [5.74, 6) is 0.397. The first kappa shape index (κ1) is 25.5. The lowest BCUT2D eigenvalue weighted by molar-refractivity contribution is -0.142. The van der Waals surface area contributed by atoms with Crippen molar-refractivity contribution in [1.82, 2.24) is 14.8 Å². The van der Waals surface area contributed by atoms with E-state index in [1.165, 1.54) is 11.8 Å². The Morgan fingerprint density at radius 3 is 2.44 bits per heavy atom. The maximum absolute atomic E-state index is 13.1. The number of amides is 1. The molecule has 0 radical (unpaired) electrons. The molecule has 1 aromatic heterocycles. The Morgan fingerprint density at radius 2 is 1.74 bits per heavy atom. The van der Waals surface area contributed by atoms with Crippen LogP contribution in [0.4, 0.5) is 5.69 Å². The number of nitrogens with zero attached hydrogens (tertiary/aromatic N) is 3. The van der Waals surface area contributed by atoms with Crippen molar-refractivity contribution in [2.75, 3.05) is 11.9 Å². The smallest absolute Gasteiger partial charge is 0.313 e. The van der Waals surface area contributed by atoms with Crippen molar-refractivity contribution in [3.05, 3.63) is 71.5 Å². The summed E-state index contributed by atoms with van der Waals surface area (Å²) >= 11 is 1.32. The lowest BCUT2D eigenvalue weighted by Gasteiger charge is -2.18. The first-order chi connectivity index (χ1) is 16.4. The van der Waals surface area contributed by atoms with E-state index in [-0.39, 0.29) is 18.3 Å². The van der Waals surface area contributed by atoms with Crippen LogP contribution in [0.2, 0.25) is 0 Å². The molecule has 0 unspecified atom stereocenters. The van der Waals surface area contributed by atoms with E-state index in [9.17, 15) is 9.59 Å². The van der Waals surface area contributed by atoms with E-state index < -0.39 is 5.25 Å². The highest BCUT2D eigenvalue weighted by molar-refractivity contribution is 8.00. The number of ether oxygens (including phenoxy) is 1. The lowest BCUT2D eigenvalue weighted by atomic mass is 9.97. The molecule has 0 fully saturated rings. The largest absolute Gasteiger partial charge is 0.466 e. The van der Waals surface area contributed by atoms with Crippen molar-refractivity contribution in [3.8, 4) is 0 Å². The molecule has 180 valence electrons. The van der Waals surface area contributed by atoms with Gasteiger partial charge >= 0.3 is 5.97 Å². The number of rotatable bonds is 11. The van der Waals surface area contributed by atoms with E-state index >= 15 is 0 Å². The van der Waals surface area contributed by atoms with Crippen molar-refractivity contribution in [2.45, 2.75) is 63.4 Å². The second kappa shape index (κ2) is 12.4. The minimum Gasteiger partial charge on any atom is -0.466 e. The van der Waals surface area contributed by atoms with Gasteiger partial charge in [-0.2, -0.15) is 0 Å². The quantitative estimate of drug-likeness (QED) is 0.305. The number of thioether (sulfide) groups is 1. The summed E-state index contributed by atoms with van der Waals surface area (Å²) in [6.45, 7) is 8.71. The third-order valence-corrected chi connectivity index (χ3v) is 6.68. The fraction of sp³-hybridized carbons (Fsp3) is 0.385. The lowest BCUT2D eigenvalue weighted by Crippen LogP contribution is -2.24. The molecule has 1 amide bonds. The van der Waals surface area contributed by atoms with Crippen molar-refractivity contribution >= 4 is 29.3 Å². The van der Waals surface area contributed by atoms with Crippen LogP contribution in [0.25, 0.3) is 0 Å². The summed E-state index contributed by atoms with van der Waals surface area (Å²) in [4.78, 5) is 25.2. The average molecular weight is 481 g/mol. The topological polar surface area (TPSA) is 86.1 Å². The minimum absolute atomic E-state index is 0.0249. The monoisotopic (exact) mass is 480 g/mol. The second-order valence-corrected chi connectivity index (χ2v) is 9.41. The molecule has 3 rings (SSSR count). The molecule has 0 aliphatic carbocycles. The minimum atomic E-state index is -0.417. The van der Waals surface area contributed by atoms with Gasteiger partial charge in [0.05, 0.1) is 18.4 Å². The van der Waals surface area contributed by atoms with Gasteiger partial charge in [-0.1, -0.05) is 74.1 Å². The van der Waals surface area contributed by atoms with Crippen LogP contribution >= 0.6 is 11.8 Å². The molecule has 0 saturated carbocycles. The Bertz CT molecular complexity index is 1100. The van der Waals surface area contributed by atoms with Gasteiger partial charge in [-0.15, -0.1) is 10.2 Å². The van der Waals surface area contributed by atoms with E-state index in [1.807, 2.05) is 60.0 Å². The molecule has 3 aromatic rings. The molecule has 1 heterocycles. The molecule has 0 aliphatic heterocycles. The predicted molar refractivity (Wildman–Crippen MR) is 135 cm³/mol. The fourth-order valence-corrected chi connectivity index (χ4v) is 4.38. The van der Waals surface area contributed by atoms with Gasteiger partial charge in [0.25, 0.3) is 0 Å². The second-order valence-electron chi connectivity index (χ2n) is 8.10. The van der Waals surface area contributed by atoms with Crippen LogP contribution < -0.4 is 5.32 Å². The van der Waals surface area contributed by atoms with Crippen LogP contribution in [0, 0.1) is 0 Å². The molecule has 2 atom stereocenters. The van der Waals surface area contributed by atoms with Crippen LogP contribution in [-0.2, 0) is 27.3 Å². The Balaban J connectivity index is 1.79. The molecule has 1 N–H and O–H groups in total. The van der Waals surface area contributed by atoms with Crippen LogP contribution in [-0.4, -0.2) is 38.5 Å². The van der Waals surface area contributed by atoms with Gasteiger partial charge in [0.2, 0.25) is 5.91 Å². The molecule has 8 heteroatoms. The number of nitrogens with one attached hydrogen (secondary N) is 1. The van der Waals surface area contributed by atoms with Crippen molar-refractivity contribution in [1.29, 1.82) is 0 Å². The van der Waals surface area contributed by atoms with Crippen molar-refractivity contribution in [2.24, 2.45) is 0 Å². The Kier molecular flexibility index (Phi) is 9.27. The number of carbonyl (C=O) groups excluding carboxylic acids is 2. The van der Waals surface area contributed by atoms with E-state index in [1.54, 1.807) is 6.92 Å². The first-order valence-corrected chi connectivity index (χ1v) is 12.5. The third-order valence-electron chi connectivity index (χ3n) is 5.60. The zero-order valence-electron chi connectivity index (χ0n) is 20.2. The summed E-state index contributed by atoms with van der Waals surface area (Å²) in [6.07, 6.45) is 1.01. The molecular weight excluding hydrogens is 448 g/mol. The summed E-state index contributed by atoms with van der Waals surface area (Å²) in [6, 6.07) is 17.8. The zero-order chi connectivity index (χ0) is 24.5. The molecule has 0 spiro atoms. The van der Waals surface area contributed by atoms with E-state index in [0.717, 1.165) is 23.2 Å². The van der Waals surface area contributed by atoms with Gasteiger partial charge in [-0.05, 0) is 43.4 Å². The van der Waals surface area contributed by atoms with Crippen molar-refractivity contribution < 1.29 is 14.3 Å². The molecule has 34 heavy (non-hydrogen) atoms. The highest BCUT2D eigenvalue weighted by Gasteiger charge is 2.23. The molecule has 7 nitrogen and oxygen atoms in total. The summed E-state index contributed by atoms with van der Waals surface area (Å²) in [7, 11) is 0. The highest BCUT2D eigenvalue weighted by atomic mass is 32.2. The Morgan fingerprint density at radius 1 is 1.03 bits per heavy atom. The standard InChI is InChI=1S/C26H32N4O3S/c1-5-18(3)21-14-10-11-15-22(21)27-25(32)19(4)34-26-29-28-23(16-24(31)33-6-2)30(26)17-20-12-8-7-9-13-20/h7-15,18-19H,5-6,16-17H2,1-4H3,(H,27,32)/t18-,19+/m0/s1.